The van der Waals surface area contributed by atoms with E-state index in [9.17, 15) is 75.7 Å². The van der Waals surface area contributed by atoms with Gasteiger partial charge >= 0.3 is 5.97 Å². The van der Waals surface area contributed by atoms with Crippen molar-refractivity contribution in [2.75, 3.05) is 26.4 Å². The molecule has 0 aromatic carbocycles. The molecule has 3 aliphatic heterocycles. The first kappa shape index (κ1) is 57.9. The average molecular weight is 1160 g/mol. The largest absolute Gasteiger partial charge is 0.477 e. The Bertz CT molecular complexity index is 2080. The third-order valence-corrected chi connectivity index (χ3v) is 14.8. The zero-order valence-corrected chi connectivity index (χ0v) is 46.8. The Kier molecular flexibility index (Phi) is 28.9. The number of hydrogen-bond acceptors (Lipinski definition) is 20. The summed E-state index contributed by atoms with van der Waals surface area (Å²) in [6.07, 6.45) is -17.5. The van der Waals surface area contributed by atoms with E-state index in [1.165, 1.54) is 51.0 Å². The molecule has 0 aliphatic carbocycles. The van der Waals surface area contributed by atoms with Gasteiger partial charge in [0.1, 0.15) is 67.1 Å². The summed E-state index contributed by atoms with van der Waals surface area (Å²) in [5.41, 5.74) is 0. The standard InChI is InChI=1S/C57H104N2O21/c1-4-6-8-10-12-14-16-18-20-22-24-26-28-30-39(64)38(59-44(67)31-29-27-25-23-21-19-17-15-13-11-9-7-5-2)36-75-54-49(71)48(70)51(43(35-62)77-54)78-55-50(72)53(47(69)42(34-61)76-55)80-57(56(73)74)32-40(65)45(58-37(3)63)52(79-57)46(68)41(66)33-60/h28,30,38-43,45-55,60-62,64-66,68-72H,4-27,29,31-36H2,1-3H3,(H,58,63)(H,59,67)(H,73,74)/b30-28+/i2D3,5D2,7D2,9D2. The normalized spacial score (nSPS) is 33.1. The predicted octanol–water partition coefficient (Wildman–Crippen LogP) is 2.39. The summed E-state index contributed by atoms with van der Waals surface area (Å²) in [6.45, 7) is -3.73. The molecule has 80 heavy (non-hydrogen) atoms. The number of ether oxygens (including phenoxy) is 6. The van der Waals surface area contributed by atoms with Crippen molar-refractivity contribution in [2.45, 2.75) is 304 Å². The topological polar surface area (TPSA) is 373 Å². The lowest BCUT2D eigenvalue weighted by Crippen LogP contribution is -2.70. The number of allylic oxidation sites excluding steroid dienone is 1. The molecule has 14 N–H and O–H groups in total. The molecule has 3 rings (SSSR count). The quantitative estimate of drug-likeness (QED) is 0.0308. The van der Waals surface area contributed by atoms with E-state index in [4.69, 9.17) is 40.8 Å². The van der Waals surface area contributed by atoms with E-state index >= 15 is 0 Å². The molecule has 0 bridgehead atoms. The molecular formula is C57H104N2O21. The van der Waals surface area contributed by atoms with Gasteiger partial charge in [-0.15, -0.1) is 0 Å². The molecule has 18 atom stereocenters. The van der Waals surface area contributed by atoms with Crippen molar-refractivity contribution in [1.29, 1.82) is 0 Å². The Morgan fingerprint density at radius 3 is 1.86 bits per heavy atom. The van der Waals surface area contributed by atoms with Crippen molar-refractivity contribution in [3.8, 4) is 0 Å². The van der Waals surface area contributed by atoms with Gasteiger partial charge in [0.2, 0.25) is 11.8 Å². The van der Waals surface area contributed by atoms with E-state index in [2.05, 4.69) is 17.6 Å². The van der Waals surface area contributed by atoms with Crippen LogP contribution in [0.1, 0.15) is 206 Å². The fourth-order valence-corrected chi connectivity index (χ4v) is 10.1. The van der Waals surface area contributed by atoms with Crippen molar-refractivity contribution in [1.82, 2.24) is 10.6 Å². The number of aliphatic carboxylic acids is 1. The molecular weight excluding hydrogens is 1050 g/mol. The number of carbonyl (C=O) groups is 3. The van der Waals surface area contributed by atoms with Gasteiger partial charge in [0, 0.05) is 32.1 Å². The minimum atomic E-state index is -3.39. The molecule has 23 nitrogen and oxygen atoms in total. The molecule has 18 unspecified atom stereocenters. The van der Waals surface area contributed by atoms with Crippen molar-refractivity contribution in [3.63, 3.8) is 0 Å². The molecule has 0 radical (unpaired) electrons. The van der Waals surface area contributed by atoms with Crippen LogP contribution in [0.5, 0.6) is 0 Å². The van der Waals surface area contributed by atoms with Gasteiger partial charge in [0.15, 0.2) is 12.6 Å². The number of carbonyl (C=O) groups excluding carboxylic acids is 2. The smallest absolute Gasteiger partial charge is 0.364 e. The lowest BCUT2D eigenvalue weighted by molar-refractivity contribution is -0.386. The van der Waals surface area contributed by atoms with Crippen molar-refractivity contribution >= 4 is 17.8 Å². The van der Waals surface area contributed by atoms with E-state index in [1.54, 1.807) is 6.08 Å². The van der Waals surface area contributed by atoms with E-state index in [0.29, 0.717) is 32.1 Å². The molecule has 0 aromatic rings. The number of unbranched alkanes of at least 4 members (excludes halogenated alkanes) is 19. The third-order valence-electron chi connectivity index (χ3n) is 14.8. The van der Waals surface area contributed by atoms with Gasteiger partial charge in [-0.2, -0.15) is 0 Å². The van der Waals surface area contributed by atoms with Crippen LogP contribution in [0.4, 0.5) is 0 Å². The number of amides is 2. The fraction of sp³-hybridized carbons (Fsp3) is 0.912. The lowest BCUT2D eigenvalue weighted by atomic mass is 9.88. The monoisotopic (exact) mass is 1160 g/mol. The van der Waals surface area contributed by atoms with Gasteiger partial charge in [-0.1, -0.05) is 167 Å². The highest BCUT2D eigenvalue weighted by Gasteiger charge is 2.60. The second kappa shape index (κ2) is 39.9. The zero-order valence-electron chi connectivity index (χ0n) is 55.8. The van der Waals surface area contributed by atoms with E-state index in [0.717, 1.165) is 58.3 Å². The summed E-state index contributed by atoms with van der Waals surface area (Å²) in [5.74, 6) is -6.35. The molecule has 3 heterocycles. The maximum absolute atomic E-state index is 13.4. The summed E-state index contributed by atoms with van der Waals surface area (Å²) in [4.78, 5) is 38.4. The minimum absolute atomic E-state index is 0.0621. The highest BCUT2D eigenvalue weighted by atomic mass is 16.8. The number of carboxylic acid groups (broad SMARTS) is 1. The average Bonchev–Trinajstić information content (AvgIpc) is 0.920. The summed E-state index contributed by atoms with van der Waals surface area (Å²) in [5, 5.41) is 135. The first-order chi connectivity index (χ1) is 41.8. The van der Waals surface area contributed by atoms with Crippen LogP contribution in [0.3, 0.4) is 0 Å². The maximum Gasteiger partial charge on any atom is 0.364 e. The van der Waals surface area contributed by atoms with E-state index in [-0.39, 0.29) is 19.3 Å². The van der Waals surface area contributed by atoms with Crippen LogP contribution in [0.25, 0.3) is 0 Å². The molecule has 0 spiro atoms. The highest BCUT2D eigenvalue weighted by Crippen LogP contribution is 2.38. The summed E-state index contributed by atoms with van der Waals surface area (Å²) < 4.78 is 104. The molecule has 3 fully saturated rings. The van der Waals surface area contributed by atoms with Crippen LogP contribution in [-0.2, 0) is 42.8 Å². The SMILES string of the molecule is [2H]C([2H])([2H])C([2H])([2H])C([2H])([2H])C([2H])([2H])CCCCCCCCCCCC(=O)NC(COC1OC(CO)C(OC2OC(CO)C(O)C(OC3(C(=O)O)CC(O)C(NC(C)=O)C(C(O)C(O)CO)O3)C2O)C(O)C1O)C(O)/C=C/CCCCCCCCCCCCC. The van der Waals surface area contributed by atoms with Crippen LogP contribution in [0.2, 0.25) is 0 Å². The summed E-state index contributed by atoms with van der Waals surface area (Å²) in [7, 11) is 0. The Morgan fingerprint density at radius 2 is 1.30 bits per heavy atom. The number of carboxylic acids is 1. The number of nitrogens with one attached hydrogen (secondary N) is 2. The molecule has 0 aromatic heterocycles. The fourth-order valence-electron chi connectivity index (χ4n) is 10.1. The molecule has 0 saturated carbocycles. The van der Waals surface area contributed by atoms with Gasteiger partial charge in [-0.25, -0.2) is 4.79 Å². The third kappa shape index (κ3) is 24.2. The van der Waals surface area contributed by atoms with E-state index < -0.39 is 186 Å². The molecule has 2 amide bonds. The number of rotatable bonds is 43. The van der Waals surface area contributed by atoms with Crippen molar-refractivity contribution < 1.29 is 116 Å². The van der Waals surface area contributed by atoms with Gasteiger partial charge in [0.25, 0.3) is 5.79 Å². The summed E-state index contributed by atoms with van der Waals surface area (Å²) >= 11 is 0. The number of aliphatic hydroxyl groups is 11. The van der Waals surface area contributed by atoms with Gasteiger partial charge in [0.05, 0.1) is 50.7 Å². The second-order valence-electron chi connectivity index (χ2n) is 21.3. The van der Waals surface area contributed by atoms with Crippen LogP contribution in [0.15, 0.2) is 12.2 Å². The van der Waals surface area contributed by atoms with Crippen molar-refractivity contribution in [3.05, 3.63) is 12.2 Å². The second-order valence-corrected chi connectivity index (χ2v) is 21.3. The number of hydrogen-bond donors (Lipinski definition) is 14. The van der Waals surface area contributed by atoms with Crippen LogP contribution in [0, 0.1) is 0 Å². The van der Waals surface area contributed by atoms with Gasteiger partial charge in [-0.05, 0) is 19.3 Å². The summed E-state index contributed by atoms with van der Waals surface area (Å²) in [6, 6.07) is -2.74. The Balaban J connectivity index is 1.66. The molecule has 3 aliphatic rings. The maximum atomic E-state index is 13.4. The first-order valence-electron chi connectivity index (χ1n) is 33.5. The highest BCUT2D eigenvalue weighted by molar-refractivity contribution is 5.77. The Labute approximate surface area is 486 Å². The van der Waals surface area contributed by atoms with Crippen molar-refractivity contribution in [2.24, 2.45) is 0 Å². The number of aliphatic hydroxyl groups excluding tert-OH is 11. The first-order valence-corrected chi connectivity index (χ1v) is 29.0. The Hall–Kier alpha value is -2.53. The van der Waals surface area contributed by atoms with E-state index in [1.807, 2.05) is 0 Å². The van der Waals surface area contributed by atoms with Crippen LogP contribution >= 0.6 is 0 Å². The molecule has 3 saturated heterocycles. The predicted molar refractivity (Wildman–Crippen MR) is 292 cm³/mol. The lowest BCUT2D eigenvalue weighted by Gasteiger charge is -2.50. The molecule has 23 heteroatoms. The zero-order chi connectivity index (χ0) is 66.9. The Morgan fingerprint density at radius 1 is 0.725 bits per heavy atom. The van der Waals surface area contributed by atoms with Crippen LogP contribution in [-0.4, -0.2) is 215 Å². The van der Waals surface area contributed by atoms with Gasteiger partial charge in [-0.3, -0.25) is 9.59 Å². The minimum Gasteiger partial charge on any atom is -0.477 e. The molecule has 468 valence electrons. The van der Waals surface area contributed by atoms with Crippen LogP contribution < -0.4 is 10.6 Å². The van der Waals surface area contributed by atoms with Gasteiger partial charge < -0.3 is 100 Å².